The second-order valence-corrected chi connectivity index (χ2v) is 9.55. The SMILES string of the molecule is CNc1cc(Nc2cccn([C@@H]3CCCN(CCF)C3)c2=O)nc2c(C(=O)NC3CC[C@H]3OC)cnn12. The van der Waals surface area contributed by atoms with Gasteiger partial charge in [-0.3, -0.25) is 14.5 Å². The van der Waals surface area contributed by atoms with Gasteiger partial charge in [-0.2, -0.15) is 9.61 Å². The Bertz CT molecular complexity index is 1320. The Labute approximate surface area is 214 Å². The molecule has 0 bridgehead atoms. The van der Waals surface area contributed by atoms with Crippen LogP contribution in [0.15, 0.2) is 35.4 Å². The maximum atomic E-state index is 13.4. The van der Waals surface area contributed by atoms with Crippen LogP contribution < -0.4 is 21.5 Å². The van der Waals surface area contributed by atoms with Gasteiger partial charge in [-0.15, -0.1) is 0 Å². The lowest BCUT2D eigenvalue weighted by Gasteiger charge is -2.35. The number of alkyl halides is 1. The number of piperidine rings is 1. The van der Waals surface area contributed by atoms with E-state index in [2.05, 4.69) is 30.9 Å². The number of hydrogen-bond donors (Lipinski definition) is 3. The summed E-state index contributed by atoms with van der Waals surface area (Å²) in [6.45, 7) is 1.47. The zero-order chi connectivity index (χ0) is 25.9. The topological polar surface area (TPSA) is 118 Å². The number of anilines is 3. The number of nitrogens with zero attached hydrogens (tertiary/aromatic N) is 5. The number of pyridine rings is 1. The molecular formula is C25H33FN8O3. The number of carbonyl (C=O) groups excluding carboxylic acids is 1. The molecule has 2 aliphatic rings. The van der Waals surface area contributed by atoms with E-state index in [4.69, 9.17) is 4.74 Å². The highest BCUT2D eigenvalue weighted by Gasteiger charge is 2.33. The minimum Gasteiger partial charge on any atom is -0.379 e. The lowest BCUT2D eigenvalue weighted by Crippen LogP contribution is -2.51. The van der Waals surface area contributed by atoms with Crippen LogP contribution in [-0.2, 0) is 4.74 Å². The number of likely N-dealkylation sites (tertiary alicyclic amines) is 1. The third-order valence-corrected chi connectivity index (χ3v) is 7.31. The van der Waals surface area contributed by atoms with Crippen molar-refractivity contribution in [1.82, 2.24) is 29.4 Å². The van der Waals surface area contributed by atoms with Crippen LogP contribution in [0.4, 0.5) is 21.7 Å². The number of aromatic nitrogens is 4. The van der Waals surface area contributed by atoms with E-state index in [1.54, 1.807) is 41.6 Å². The first-order valence-electron chi connectivity index (χ1n) is 12.7. The van der Waals surface area contributed by atoms with Crippen molar-refractivity contribution in [2.24, 2.45) is 0 Å². The molecular weight excluding hydrogens is 479 g/mol. The highest BCUT2D eigenvalue weighted by molar-refractivity contribution is 6.00. The molecule has 5 rings (SSSR count). The third-order valence-electron chi connectivity index (χ3n) is 7.31. The standard InChI is InChI=1S/C25H33FN8O3/c1-27-22-13-21(31-23-17(14-28-34(22)23)24(35)30-18-7-8-20(18)37-2)29-19-6-4-11-33(25(19)36)16-5-3-10-32(15-16)12-9-26/h4,6,11,13-14,16,18,20,27H,3,5,7-10,12,15H2,1-2H3,(H,29,31)(H,30,35)/t16-,18?,20-/m1/s1. The van der Waals surface area contributed by atoms with Crippen LogP contribution in [-0.4, -0.2) is 82.6 Å². The zero-order valence-electron chi connectivity index (χ0n) is 21.1. The minimum atomic E-state index is -0.395. The highest BCUT2D eigenvalue weighted by atomic mass is 19.1. The molecule has 3 aromatic rings. The van der Waals surface area contributed by atoms with Crippen LogP contribution in [0.1, 0.15) is 42.1 Å². The number of rotatable bonds is 9. The van der Waals surface area contributed by atoms with Crippen LogP contribution in [0.3, 0.4) is 0 Å². The molecule has 4 heterocycles. The largest absolute Gasteiger partial charge is 0.379 e. The normalized spacial score (nSPS) is 22.0. The van der Waals surface area contributed by atoms with Crippen molar-refractivity contribution in [3.8, 4) is 0 Å². The number of amides is 1. The van der Waals surface area contributed by atoms with E-state index in [9.17, 15) is 14.0 Å². The molecule has 1 aliphatic carbocycles. The molecule has 1 saturated heterocycles. The van der Waals surface area contributed by atoms with Gasteiger partial charge < -0.3 is 25.3 Å². The number of hydrogen-bond acceptors (Lipinski definition) is 8. The van der Waals surface area contributed by atoms with Gasteiger partial charge in [0.25, 0.3) is 11.5 Å². The van der Waals surface area contributed by atoms with E-state index in [-0.39, 0.29) is 29.7 Å². The summed E-state index contributed by atoms with van der Waals surface area (Å²) in [7, 11) is 3.39. The van der Waals surface area contributed by atoms with Gasteiger partial charge >= 0.3 is 0 Å². The highest BCUT2D eigenvalue weighted by Crippen LogP contribution is 2.25. The summed E-state index contributed by atoms with van der Waals surface area (Å²) in [5.74, 6) is 0.739. The van der Waals surface area contributed by atoms with E-state index < -0.39 is 6.67 Å². The molecule has 0 radical (unpaired) electrons. The minimum absolute atomic E-state index is 0.0114. The Balaban J connectivity index is 1.41. The fraction of sp³-hybridized carbons (Fsp3) is 0.520. The summed E-state index contributed by atoms with van der Waals surface area (Å²) in [5, 5.41) is 13.6. The molecule has 37 heavy (non-hydrogen) atoms. The number of ether oxygens (including phenoxy) is 1. The summed E-state index contributed by atoms with van der Waals surface area (Å²) < 4.78 is 21.5. The Morgan fingerprint density at radius 2 is 2.16 bits per heavy atom. The van der Waals surface area contributed by atoms with Crippen LogP contribution in [0.5, 0.6) is 0 Å². The molecule has 3 aromatic heterocycles. The number of nitrogens with one attached hydrogen (secondary N) is 3. The summed E-state index contributed by atoms with van der Waals surface area (Å²) >= 11 is 0. The van der Waals surface area contributed by atoms with E-state index in [1.165, 1.54) is 6.20 Å². The second-order valence-electron chi connectivity index (χ2n) is 9.55. The van der Waals surface area contributed by atoms with Crippen molar-refractivity contribution < 1.29 is 13.9 Å². The number of methoxy groups -OCH3 is 1. The average Bonchev–Trinajstić information content (AvgIpc) is 3.32. The maximum absolute atomic E-state index is 13.4. The van der Waals surface area contributed by atoms with Crippen molar-refractivity contribution in [3.05, 3.63) is 46.5 Å². The fourth-order valence-corrected chi connectivity index (χ4v) is 5.14. The molecule has 1 unspecified atom stereocenters. The first-order valence-corrected chi connectivity index (χ1v) is 12.7. The van der Waals surface area contributed by atoms with E-state index in [0.29, 0.717) is 41.6 Å². The number of halogens is 1. The molecule has 1 aliphatic heterocycles. The van der Waals surface area contributed by atoms with Crippen LogP contribution in [0, 0.1) is 0 Å². The summed E-state index contributed by atoms with van der Waals surface area (Å²) in [6, 6.07) is 5.19. The van der Waals surface area contributed by atoms with Gasteiger partial charge in [0.2, 0.25) is 0 Å². The second kappa shape index (κ2) is 10.9. The third kappa shape index (κ3) is 5.03. The molecule has 12 heteroatoms. The van der Waals surface area contributed by atoms with Crippen molar-refractivity contribution in [2.75, 3.05) is 51.1 Å². The molecule has 3 N–H and O–H groups in total. The zero-order valence-corrected chi connectivity index (χ0v) is 21.1. The maximum Gasteiger partial charge on any atom is 0.274 e. The van der Waals surface area contributed by atoms with Gasteiger partial charge in [0.1, 0.15) is 29.6 Å². The average molecular weight is 513 g/mol. The smallest absolute Gasteiger partial charge is 0.274 e. The Morgan fingerprint density at radius 3 is 2.89 bits per heavy atom. The lowest BCUT2D eigenvalue weighted by molar-refractivity contribution is 0.00732. The Kier molecular flexibility index (Phi) is 7.38. The van der Waals surface area contributed by atoms with Crippen LogP contribution >= 0.6 is 0 Å². The van der Waals surface area contributed by atoms with Crippen molar-refractivity contribution in [3.63, 3.8) is 0 Å². The first kappa shape index (κ1) is 25.2. The molecule has 2 fully saturated rings. The number of fused-ring (bicyclic) bond motifs is 1. The summed E-state index contributed by atoms with van der Waals surface area (Å²) in [6.07, 6.45) is 6.83. The van der Waals surface area contributed by atoms with E-state index in [0.717, 1.165) is 32.2 Å². The van der Waals surface area contributed by atoms with Crippen molar-refractivity contribution >= 4 is 28.9 Å². The predicted molar refractivity (Wildman–Crippen MR) is 138 cm³/mol. The predicted octanol–water partition coefficient (Wildman–Crippen LogP) is 2.19. The lowest BCUT2D eigenvalue weighted by atomic mass is 9.89. The molecule has 198 valence electrons. The summed E-state index contributed by atoms with van der Waals surface area (Å²) in [4.78, 5) is 33.1. The van der Waals surface area contributed by atoms with Gasteiger partial charge in [0.05, 0.1) is 18.3 Å². The first-order chi connectivity index (χ1) is 18.0. The van der Waals surface area contributed by atoms with Gasteiger partial charge in [-0.05, 0) is 44.4 Å². The van der Waals surface area contributed by atoms with E-state index >= 15 is 0 Å². The molecule has 1 amide bonds. The Hall–Kier alpha value is -3.51. The fourth-order valence-electron chi connectivity index (χ4n) is 5.14. The van der Waals surface area contributed by atoms with Gasteiger partial charge in [0.15, 0.2) is 5.65 Å². The van der Waals surface area contributed by atoms with Crippen molar-refractivity contribution in [1.29, 1.82) is 0 Å². The monoisotopic (exact) mass is 512 g/mol. The summed E-state index contributed by atoms with van der Waals surface area (Å²) in [5.41, 5.74) is 0.893. The van der Waals surface area contributed by atoms with Crippen LogP contribution in [0.25, 0.3) is 5.65 Å². The molecule has 11 nitrogen and oxygen atoms in total. The van der Waals surface area contributed by atoms with Gasteiger partial charge in [0, 0.05) is 45.6 Å². The molecule has 3 atom stereocenters. The quantitative estimate of drug-likeness (QED) is 0.400. The van der Waals surface area contributed by atoms with Gasteiger partial charge in [-0.1, -0.05) is 0 Å². The molecule has 0 aromatic carbocycles. The molecule has 0 spiro atoms. The number of carbonyl (C=O) groups is 1. The van der Waals surface area contributed by atoms with Crippen molar-refractivity contribution in [2.45, 2.75) is 43.9 Å². The van der Waals surface area contributed by atoms with Crippen LogP contribution in [0.2, 0.25) is 0 Å². The van der Waals surface area contributed by atoms with Gasteiger partial charge in [-0.25, -0.2) is 9.37 Å². The van der Waals surface area contributed by atoms with E-state index in [1.807, 2.05) is 6.07 Å². The Morgan fingerprint density at radius 1 is 1.30 bits per heavy atom. The molecule has 1 saturated carbocycles.